The average Bonchev–Trinajstić information content (AvgIpc) is 2.79. The number of rotatable bonds is 13. The van der Waals surface area contributed by atoms with Gasteiger partial charge in [0.05, 0.1) is 0 Å². The van der Waals surface area contributed by atoms with Crippen LogP contribution in [0.5, 0.6) is 11.5 Å². The highest BCUT2D eigenvalue weighted by Gasteiger charge is 2.21. The van der Waals surface area contributed by atoms with Crippen LogP contribution in [0.3, 0.4) is 0 Å². The predicted octanol–water partition coefficient (Wildman–Crippen LogP) is 7.74. The first kappa shape index (κ1) is 28.0. The fraction of sp³-hybridized carbons (Fsp3) is 0.483. The second-order valence-electron chi connectivity index (χ2n) is 9.83. The van der Waals surface area contributed by atoms with Crippen molar-refractivity contribution in [2.45, 2.75) is 84.8 Å². The molecule has 2 rings (SSSR count). The van der Waals surface area contributed by atoms with Crippen molar-refractivity contribution in [3.63, 3.8) is 0 Å². The number of carbonyl (C=O) groups is 1. The van der Waals surface area contributed by atoms with E-state index in [1.165, 1.54) is 5.56 Å². The molecule has 2 aromatic rings. The lowest BCUT2D eigenvalue weighted by Gasteiger charge is -2.29. The van der Waals surface area contributed by atoms with Gasteiger partial charge in [-0.2, -0.15) is 0 Å². The molecule has 0 radical (unpaired) electrons. The van der Waals surface area contributed by atoms with Crippen LogP contribution >= 0.6 is 15.9 Å². The van der Waals surface area contributed by atoms with Crippen molar-refractivity contribution in [2.24, 2.45) is 0 Å². The van der Waals surface area contributed by atoms with Crippen molar-refractivity contribution in [1.82, 2.24) is 5.32 Å². The van der Waals surface area contributed by atoms with Crippen molar-refractivity contribution in [2.75, 3.05) is 6.54 Å². The van der Waals surface area contributed by atoms with Crippen molar-refractivity contribution in [1.29, 1.82) is 0 Å². The molecule has 0 fully saturated rings. The molecule has 0 aliphatic carbocycles. The zero-order chi connectivity index (χ0) is 25.2. The molecule has 1 N–H and O–H groups in total. The average molecular weight is 531 g/mol. The Kier molecular flexibility index (Phi) is 10.7. The minimum atomic E-state index is -0.247. The summed E-state index contributed by atoms with van der Waals surface area (Å²) >= 11 is 3.41. The van der Waals surface area contributed by atoms with E-state index in [0.717, 1.165) is 53.6 Å². The van der Waals surface area contributed by atoms with Gasteiger partial charge in [-0.1, -0.05) is 48.0 Å². The van der Waals surface area contributed by atoms with Gasteiger partial charge in [0.1, 0.15) is 22.7 Å². The van der Waals surface area contributed by atoms with E-state index in [-0.39, 0.29) is 17.1 Å². The highest BCUT2D eigenvalue weighted by molar-refractivity contribution is 9.10. The normalized spacial score (nSPS) is 12.1. The van der Waals surface area contributed by atoms with Gasteiger partial charge in [-0.15, -0.1) is 0 Å². The van der Waals surface area contributed by atoms with Crippen molar-refractivity contribution >= 4 is 27.9 Å². The smallest absolute Gasteiger partial charge is 0.243 e. The Labute approximate surface area is 214 Å². The number of unbranched alkanes of at least 4 members (excludes halogenated alkanes) is 1. The van der Waals surface area contributed by atoms with Crippen LogP contribution in [0.2, 0.25) is 0 Å². The lowest BCUT2D eigenvalue weighted by Crippen LogP contribution is -2.28. The summed E-state index contributed by atoms with van der Waals surface area (Å²) in [5.74, 6) is 1.65. The third-order valence-corrected chi connectivity index (χ3v) is 6.52. The number of hydrogen-bond acceptors (Lipinski definition) is 3. The van der Waals surface area contributed by atoms with Crippen LogP contribution in [0, 0.1) is 0 Å². The Morgan fingerprint density at radius 3 is 2.24 bits per heavy atom. The Morgan fingerprint density at radius 2 is 1.59 bits per heavy atom. The van der Waals surface area contributed by atoms with E-state index in [9.17, 15) is 4.79 Å². The van der Waals surface area contributed by atoms with E-state index in [0.29, 0.717) is 6.54 Å². The zero-order valence-electron chi connectivity index (χ0n) is 21.5. The van der Waals surface area contributed by atoms with Crippen LogP contribution in [0.25, 0.3) is 6.08 Å². The number of aryl methyl sites for hydroxylation is 1. The molecule has 0 heterocycles. The maximum absolute atomic E-state index is 12.1. The van der Waals surface area contributed by atoms with Crippen LogP contribution in [0.4, 0.5) is 0 Å². The quantitative estimate of drug-likeness (QED) is 0.213. The number of ether oxygens (including phenoxy) is 2. The zero-order valence-corrected chi connectivity index (χ0v) is 23.1. The van der Waals surface area contributed by atoms with E-state index in [2.05, 4.69) is 68.9 Å². The van der Waals surface area contributed by atoms with Gasteiger partial charge in [0.2, 0.25) is 5.91 Å². The SMILES string of the molecule is CCC(C)(C)Oc1ccc(CCCCNC(=O)/C=C/c2ccc(Br)cc2)c(OC(C)(C)CC)c1. The molecule has 0 spiro atoms. The highest BCUT2D eigenvalue weighted by atomic mass is 79.9. The third kappa shape index (κ3) is 9.92. The summed E-state index contributed by atoms with van der Waals surface area (Å²) in [4.78, 5) is 12.1. The van der Waals surface area contributed by atoms with Gasteiger partial charge in [-0.3, -0.25) is 4.79 Å². The number of carbonyl (C=O) groups excluding carboxylic acids is 1. The number of amides is 1. The highest BCUT2D eigenvalue weighted by Crippen LogP contribution is 2.32. The summed E-state index contributed by atoms with van der Waals surface area (Å²) in [6.45, 7) is 13.3. The molecular weight excluding hydrogens is 490 g/mol. The minimum Gasteiger partial charge on any atom is -0.488 e. The standard InChI is InChI=1S/C29H40BrNO3/c1-7-28(3,4)33-25-18-15-23(26(21-25)34-29(5,6)8-2)11-9-10-20-31-27(32)19-14-22-12-16-24(30)17-13-22/h12-19,21H,7-11,20H2,1-6H3,(H,31,32)/b19-14+. The topological polar surface area (TPSA) is 47.6 Å². The van der Waals surface area contributed by atoms with Crippen LogP contribution in [0.1, 0.15) is 78.4 Å². The fourth-order valence-corrected chi connectivity index (χ4v) is 3.38. The number of benzene rings is 2. The molecule has 0 aromatic heterocycles. The van der Waals surface area contributed by atoms with Gasteiger partial charge >= 0.3 is 0 Å². The Balaban J connectivity index is 1.90. The first-order valence-corrected chi connectivity index (χ1v) is 13.1. The maximum Gasteiger partial charge on any atom is 0.243 e. The summed E-state index contributed by atoms with van der Waals surface area (Å²) in [7, 11) is 0. The summed E-state index contributed by atoms with van der Waals surface area (Å²) in [5, 5.41) is 2.97. The summed E-state index contributed by atoms with van der Waals surface area (Å²) in [6, 6.07) is 14.0. The largest absolute Gasteiger partial charge is 0.488 e. The molecule has 0 atom stereocenters. The molecule has 5 heteroatoms. The second-order valence-corrected chi connectivity index (χ2v) is 10.7. The van der Waals surface area contributed by atoms with Crippen molar-refractivity contribution in [3.05, 3.63) is 64.1 Å². The predicted molar refractivity (Wildman–Crippen MR) is 146 cm³/mol. The van der Waals surface area contributed by atoms with Crippen LogP contribution in [-0.2, 0) is 11.2 Å². The van der Waals surface area contributed by atoms with Gasteiger partial charge in [-0.05, 0) is 95.2 Å². The molecule has 0 bridgehead atoms. The number of nitrogens with one attached hydrogen (secondary N) is 1. The summed E-state index contributed by atoms with van der Waals surface area (Å²) < 4.78 is 13.6. The van der Waals surface area contributed by atoms with Crippen molar-refractivity contribution in [3.8, 4) is 11.5 Å². The van der Waals surface area contributed by atoms with Crippen LogP contribution in [-0.4, -0.2) is 23.7 Å². The van der Waals surface area contributed by atoms with Gasteiger partial charge in [-0.25, -0.2) is 0 Å². The monoisotopic (exact) mass is 529 g/mol. The van der Waals surface area contributed by atoms with E-state index >= 15 is 0 Å². The molecular formula is C29H40BrNO3. The molecule has 0 aliphatic rings. The lowest BCUT2D eigenvalue weighted by atomic mass is 10.0. The lowest BCUT2D eigenvalue weighted by molar-refractivity contribution is -0.116. The van der Waals surface area contributed by atoms with Gasteiger partial charge < -0.3 is 14.8 Å². The van der Waals surface area contributed by atoms with Crippen molar-refractivity contribution < 1.29 is 14.3 Å². The number of halogens is 1. The van der Waals surface area contributed by atoms with E-state index in [1.54, 1.807) is 6.08 Å². The molecule has 4 nitrogen and oxygen atoms in total. The van der Waals surface area contributed by atoms with E-state index < -0.39 is 0 Å². The Bertz CT molecular complexity index is 948. The summed E-state index contributed by atoms with van der Waals surface area (Å²) in [5.41, 5.74) is 1.70. The van der Waals surface area contributed by atoms with Crippen LogP contribution < -0.4 is 14.8 Å². The Morgan fingerprint density at radius 1 is 0.941 bits per heavy atom. The molecule has 0 aliphatic heterocycles. The molecule has 0 saturated carbocycles. The molecule has 34 heavy (non-hydrogen) atoms. The van der Waals surface area contributed by atoms with E-state index in [1.807, 2.05) is 42.5 Å². The van der Waals surface area contributed by atoms with Gasteiger partial charge in [0.25, 0.3) is 0 Å². The third-order valence-electron chi connectivity index (χ3n) is 5.99. The minimum absolute atomic E-state index is 0.0725. The fourth-order valence-electron chi connectivity index (χ4n) is 3.12. The van der Waals surface area contributed by atoms with Crippen LogP contribution in [0.15, 0.2) is 53.0 Å². The first-order valence-electron chi connectivity index (χ1n) is 12.3. The second kappa shape index (κ2) is 13.0. The number of hydrogen-bond donors (Lipinski definition) is 1. The molecule has 0 saturated heterocycles. The molecule has 0 unspecified atom stereocenters. The van der Waals surface area contributed by atoms with Gasteiger partial charge in [0.15, 0.2) is 0 Å². The Hall–Kier alpha value is -2.27. The van der Waals surface area contributed by atoms with Gasteiger partial charge in [0, 0.05) is 23.2 Å². The molecule has 186 valence electrons. The first-order chi connectivity index (χ1) is 16.0. The molecule has 2 aromatic carbocycles. The maximum atomic E-state index is 12.1. The van der Waals surface area contributed by atoms with E-state index in [4.69, 9.17) is 9.47 Å². The molecule has 1 amide bonds. The summed E-state index contributed by atoms with van der Waals surface area (Å²) in [6.07, 6.45) is 7.99.